The molecule has 1 aromatic rings. The van der Waals surface area contributed by atoms with Crippen molar-refractivity contribution in [1.29, 1.82) is 5.26 Å². The first-order valence-corrected chi connectivity index (χ1v) is 6.83. The van der Waals surface area contributed by atoms with Crippen LogP contribution in [-0.2, 0) is 19.6 Å². The standard InChI is InChI=1S/C11H13N3O4S/c1-3-14(8-11(15)18-2)19(16,17)10-5-4-6-13-9(10)7-12/h4-6H,3,8H2,1-2H3. The number of methoxy groups -OCH3 is 1. The van der Waals surface area contributed by atoms with Gasteiger partial charge < -0.3 is 4.74 Å². The lowest BCUT2D eigenvalue weighted by Crippen LogP contribution is -2.36. The minimum atomic E-state index is -3.95. The van der Waals surface area contributed by atoms with Crippen LogP contribution in [0.1, 0.15) is 12.6 Å². The topological polar surface area (TPSA) is 100 Å². The van der Waals surface area contributed by atoms with Crippen LogP contribution in [-0.4, -0.2) is 43.9 Å². The summed E-state index contributed by atoms with van der Waals surface area (Å²) in [6, 6.07) is 4.41. The van der Waals surface area contributed by atoms with Crippen molar-refractivity contribution in [1.82, 2.24) is 9.29 Å². The second kappa shape index (κ2) is 6.26. The number of sulfonamides is 1. The second-order valence-electron chi connectivity index (χ2n) is 3.47. The molecule has 0 aliphatic carbocycles. The number of rotatable bonds is 5. The van der Waals surface area contributed by atoms with Crippen molar-refractivity contribution in [3.8, 4) is 6.07 Å². The Labute approximate surface area is 111 Å². The number of hydrogen-bond acceptors (Lipinski definition) is 6. The van der Waals surface area contributed by atoms with Crippen molar-refractivity contribution in [2.24, 2.45) is 0 Å². The van der Waals surface area contributed by atoms with Gasteiger partial charge in [0.1, 0.15) is 17.5 Å². The van der Waals surface area contributed by atoms with E-state index in [0.29, 0.717) is 0 Å². The Morgan fingerprint density at radius 1 is 1.58 bits per heavy atom. The lowest BCUT2D eigenvalue weighted by molar-refractivity contribution is -0.140. The highest BCUT2D eigenvalue weighted by molar-refractivity contribution is 7.89. The van der Waals surface area contributed by atoms with Crippen molar-refractivity contribution in [2.45, 2.75) is 11.8 Å². The van der Waals surface area contributed by atoms with Gasteiger partial charge in [0.05, 0.1) is 7.11 Å². The molecule has 1 aromatic heterocycles. The molecule has 0 bridgehead atoms. The van der Waals surface area contributed by atoms with Gasteiger partial charge in [0.15, 0.2) is 5.69 Å². The molecule has 1 rings (SSSR count). The molecule has 0 unspecified atom stereocenters. The van der Waals surface area contributed by atoms with Gasteiger partial charge >= 0.3 is 5.97 Å². The highest BCUT2D eigenvalue weighted by atomic mass is 32.2. The van der Waals surface area contributed by atoms with Crippen LogP contribution < -0.4 is 0 Å². The molecule has 0 saturated heterocycles. The van der Waals surface area contributed by atoms with Gasteiger partial charge in [-0.2, -0.15) is 9.57 Å². The Morgan fingerprint density at radius 3 is 2.79 bits per heavy atom. The Morgan fingerprint density at radius 2 is 2.26 bits per heavy atom. The Hall–Kier alpha value is -1.98. The van der Waals surface area contributed by atoms with Crippen LogP contribution in [0.3, 0.4) is 0 Å². The van der Waals surface area contributed by atoms with Crippen LogP contribution in [0.2, 0.25) is 0 Å². The second-order valence-corrected chi connectivity index (χ2v) is 5.38. The zero-order valence-corrected chi connectivity index (χ0v) is 11.3. The van der Waals surface area contributed by atoms with Gasteiger partial charge in [0.2, 0.25) is 10.0 Å². The average Bonchev–Trinajstić information content (AvgIpc) is 2.43. The number of pyridine rings is 1. The average molecular weight is 283 g/mol. The van der Waals surface area contributed by atoms with Crippen LogP contribution in [0.5, 0.6) is 0 Å². The molecule has 0 N–H and O–H groups in total. The predicted molar refractivity (Wildman–Crippen MR) is 65.4 cm³/mol. The van der Waals surface area contributed by atoms with Crippen molar-refractivity contribution in [3.63, 3.8) is 0 Å². The molecular formula is C11H13N3O4S. The number of nitriles is 1. The third-order valence-electron chi connectivity index (χ3n) is 2.38. The van der Waals surface area contributed by atoms with Gasteiger partial charge in [-0.05, 0) is 12.1 Å². The zero-order chi connectivity index (χ0) is 14.5. The van der Waals surface area contributed by atoms with E-state index in [-0.39, 0.29) is 17.1 Å². The SMILES string of the molecule is CCN(CC(=O)OC)S(=O)(=O)c1cccnc1C#N. The number of esters is 1. The summed E-state index contributed by atoms with van der Waals surface area (Å²) in [6.07, 6.45) is 1.33. The highest BCUT2D eigenvalue weighted by Crippen LogP contribution is 2.17. The van der Waals surface area contributed by atoms with Crippen LogP contribution in [0.4, 0.5) is 0 Å². The van der Waals surface area contributed by atoms with Gasteiger partial charge in [-0.25, -0.2) is 13.4 Å². The van der Waals surface area contributed by atoms with Gasteiger partial charge in [0, 0.05) is 12.7 Å². The number of ether oxygens (including phenoxy) is 1. The molecule has 0 amide bonds. The largest absolute Gasteiger partial charge is 0.468 e. The van der Waals surface area contributed by atoms with Crippen LogP contribution in [0.15, 0.2) is 23.2 Å². The third kappa shape index (κ3) is 3.27. The van der Waals surface area contributed by atoms with E-state index in [1.165, 1.54) is 25.4 Å². The molecule has 0 fully saturated rings. The normalized spacial score (nSPS) is 11.1. The fraction of sp³-hybridized carbons (Fsp3) is 0.364. The summed E-state index contributed by atoms with van der Waals surface area (Å²) in [7, 11) is -2.78. The maximum atomic E-state index is 12.3. The molecule has 8 heteroatoms. The van der Waals surface area contributed by atoms with Gasteiger partial charge in [0.25, 0.3) is 0 Å². The summed E-state index contributed by atoms with van der Waals surface area (Å²) < 4.78 is 30.0. The van der Waals surface area contributed by atoms with Crippen LogP contribution in [0.25, 0.3) is 0 Å². The molecule has 1 heterocycles. The number of carbonyl (C=O) groups is 1. The number of likely N-dealkylation sites (N-methyl/N-ethyl adjacent to an activating group) is 1. The van der Waals surface area contributed by atoms with E-state index >= 15 is 0 Å². The fourth-order valence-electron chi connectivity index (χ4n) is 1.40. The van der Waals surface area contributed by atoms with Gasteiger partial charge in [-0.15, -0.1) is 0 Å². The predicted octanol–water partition coefficient (Wildman–Crippen LogP) is 0.137. The van der Waals surface area contributed by atoms with E-state index in [2.05, 4.69) is 9.72 Å². The number of aromatic nitrogens is 1. The monoisotopic (exact) mass is 283 g/mol. The number of carbonyl (C=O) groups excluding carboxylic acids is 1. The van der Waals surface area contributed by atoms with E-state index in [0.717, 1.165) is 4.31 Å². The summed E-state index contributed by atoms with van der Waals surface area (Å²) in [5, 5.41) is 8.88. The van der Waals surface area contributed by atoms with Crippen molar-refractivity contribution < 1.29 is 17.9 Å². The van der Waals surface area contributed by atoms with Gasteiger partial charge in [-0.3, -0.25) is 4.79 Å². The molecule has 0 aliphatic rings. The van der Waals surface area contributed by atoms with Crippen LogP contribution in [0, 0.1) is 11.3 Å². The summed E-state index contributed by atoms with van der Waals surface area (Å²) >= 11 is 0. The molecule has 0 radical (unpaired) electrons. The summed E-state index contributed by atoms with van der Waals surface area (Å²) in [5.74, 6) is -0.673. The summed E-state index contributed by atoms with van der Waals surface area (Å²) in [6.45, 7) is 1.26. The smallest absolute Gasteiger partial charge is 0.321 e. The van der Waals surface area contributed by atoms with E-state index in [9.17, 15) is 13.2 Å². The molecule has 102 valence electrons. The summed E-state index contributed by atoms with van der Waals surface area (Å²) in [4.78, 5) is 14.7. The number of nitrogens with zero attached hydrogens (tertiary/aromatic N) is 3. The maximum Gasteiger partial charge on any atom is 0.321 e. The van der Waals surface area contributed by atoms with Crippen molar-refractivity contribution in [3.05, 3.63) is 24.0 Å². The Kier molecular flexibility index (Phi) is 4.97. The van der Waals surface area contributed by atoms with Crippen LogP contribution >= 0.6 is 0 Å². The van der Waals surface area contributed by atoms with E-state index in [1.807, 2.05) is 0 Å². The van der Waals surface area contributed by atoms with E-state index < -0.39 is 22.5 Å². The van der Waals surface area contributed by atoms with Crippen molar-refractivity contribution >= 4 is 16.0 Å². The van der Waals surface area contributed by atoms with Gasteiger partial charge in [-0.1, -0.05) is 6.92 Å². The molecule has 0 spiro atoms. The van der Waals surface area contributed by atoms with E-state index in [1.54, 1.807) is 13.0 Å². The lowest BCUT2D eigenvalue weighted by atomic mass is 10.4. The minimum absolute atomic E-state index is 0.0806. The summed E-state index contributed by atoms with van der Waals surface area (Å²) in [5.41, 5.74) is -0.203. The van der Waals surface area contributed by atoms with Crippen molar-refractivity contribution in [2.75, 3.05) is 20.2 Å². The van der Waals surface area contributed by atoms with E-state index in [4.69, 9.17) is 5.26 Å². The fourth-order valence-corrected chi connectivity index (χ4v) is 2.88. The first kappa shape index (κ1) is 15.1. The lowest BCUT2D eigenvalue weighted by Gasteiger charge is -2.19. The molecule has 0 saturated carbocycles. The molecule has 7 nitrogen and oxygen atoms in total. The molecular weight excluding hydrogens is 270 g/mol. The first-order valence-electron chi connectivity index (χ1n) is 5.39. The third-order valence-corrected chi connectivity index (χ3v) is 4.33. The molecule has 19 heavy (non-hydrogen) atoms. The first-order chi connectivity index (χ1) is 8.97. The molecule has 0 aliphatic heterocycles. The molecule has 0 aromatic carbocycles. The number of hydrogen-bond donors (Lipinski definition) is 0. The minimum Gasteiger partial charge on any atom is -0.468 e. The molecule has 0 atom stereocenters. The highest BCUT2D eigenvalue weighted by Gasteiger charge is 2.28. The Bertz CT molecular complexity index is 607. The quantitative estimate of drug-likeness (QED) is 0.712. The maximum absolute atomic E-state index is 12.3. The zero-order valence-electron chi connectivity index (χ0n) is 10.5. The Balaban J connectivity index is 3.22.